The Bertz CT molecular complexity index is 741. The second-order valence-corrected chi connectivity index (χ2v) is 5.07. The SMILES string of the molecule is C=CCOc1ccccc1NCC(=O)Nc1ccc(C(=O)OC)cc1. The van der Waals surface area contributed by atoms with E-state index in [1.807, 2.05) is 24.3 Å². The van der Waals surface area contributed by atoms with Gasteiger partial charge in [-0.1, -0.05) is 24.8 Å². The molecule has 2 N–H and O–H groups in total. The normalized spacial score (nSPS) is 9.80. The maximum atomic E-state index is 12.1. The first kappa shape index (κ1) is 18.1. The first-order valence-corrected chi connectivity index (χ1v) is 7.69. The van der Waals surface area contributed by atoms with Crippen molar-refractivity contribution in [3.8, 4) is 5.75 Å². The molecule has 2 aromatic rings. The maximum Gasteiger partial charge on any atom is 0.337 e. The lowest BCUT2D eigenvalue weighted by atomic mass is 10.2. The Morgan fingerprint density at radius 3 is 2.52 bits per heavy atom. The second kappa shape index (κ2) is 9.12. The molecule has 0 aromatic heterocycles. The highest BCUT2D eigenvalue weighted by Gasteiger charge is 2.08. The van der Waals surface area contributed by atoms with Crippen molar-refractivity contribution in [1.29, 1.82) is 0 Å². The number of ether oxygens (including phenoxy) is 2. The van der Waals surface area contributed by atoms with E-state index in [0.717, 1.165) is 5.69 Å². The summed E-state index contributed by atoms with van der Waals surface area (Å²) in [6.07, 6.45) is 1.65. The lowest BCUT2D eigenvalue weighted by Gasteiger charge is -2.12. The molecule has 2 rings (SSSR count). The predicted octanol–water partition coefficient (Wildman–Crippen LogP) is 3.09. The van der Waals surface area contributed by atoms with Crippen LogP contribution in [0.15, 0.2) is 61.2 Å². The van der Waals surface area contributed by atoms with E-state index >= 15 is 0 Å². The number of amides is 1. The number of carbonyl (C=O) groups is 2. The van der Waals surface area contributed by atoms with Gasteiger partial charge in [0.05, 0.1) is 24.9 Å². The van der Waals surface area contributed by atoms with Crippen molar-refractivity contribution in [1.82, 2.24) is 0 Å². The minimum Gasteiger partial charge on any atom is -0.487 e. The van der Waals surface area contributed by atoms with Gasteiger partial charge in [-0.15, -0.1) is 0 Å². The Morgan fingerprint density at radius 2 is 1.84 bits per heavy atom. The highest BCUT2D eigenvalue weighted by molar-refractivity contribution is 5.95. The Labute approximate surface area is 146 Å². The van der Waals surface area contributed by atoms with Crippen LogP contribution in [0.3, 0.4) is 0 Å². The Morgan fingerprint density at radius 1 is 1.12 bits per heavy atom. The molecular formula is C19H20N2O4. The molecule has 130 valence electrons. The van der Waals surface area contributed by atoms with Gasteiger partial charge in [0.1, 0.15) is 12.4 Å². The molecule has 0 spiro atoms. The van der Waals surface area contributed by atoms with Crippen LogP contribution >= 0.6 is 0 Å². The predicted molar refractivity (Wildman–Crippen MR) is 97.0 cm³/mol. The van der Waals surface area contributed by atoms with Crippen molar-refractivity contribution in [2.45, 2.75) is 0 Å². The number of hydrogen-bond acceptors (Lipinski definition) is 5. The van der Waals surface area contributed by atoms with Crippen LogP contribution in [0.5, 0.6) is 5.75 Å². The van der Waals surface area contributed by atoms with Gasteiger partial charge in [0.2, 0.25) is 5.91 Å². The quantitative estimate of drug-likeness (QED) is 0.570. The van der Waals surface area contributed by atoms with Gasteiger partial charge in [0.15, 0.2) is 0 Å². The van der Waals surface area contributed by atoms with E-state index in [1.54, 1.807) is 30.3 Å². The zero-order valence-corrected chi connectivity index (χ0v) is 14.0. The van der Waals surface area contributed by atoms with E-state index in [9.17, 15) is 9.59 Å². The largest absolute Gasteiger partial charge is 0.487 e. The lowest BCUT2D eigenvalue weighted by molar-refractivity contribution is -0.114. The summed E-state index contributed by atoms with van der Waals surface area (Å²) in [6.45, 7) is 4.07. The average molecular weight is 340 g/mol. The van der Waals surface area contributed by atoms with Crippen molar-refractivity contribution in [3.05, 3.63) is 66.7 Å². The molecule has 25 heavy (non-hydrogen) atoms. The molecule has 6 heteroatoms. The summed E-state index contributed by atoms with van der Waals surface area (Å²) >= 11 is 0. The van der Waals surface area contributed by atoms with Crippen molar-refractivity contribution >= 4 is 23.3 Å². The number of methoxy groups -OCH3 is 1. The van der Waals surface area contributed by atoms with Crippen LogP contribution in [0, 0.1) is 0 Å². The standard InChI is InChI=1S/C19H20N2O4/c1-3-12-25-17-7-5-4-6-16(17)20-13-18(22)21-15-10-8-14(9-11-15)19(23)24-2/h3-11,20H,1,12-13H2,2H3,(H,21,22). The molecule has 0 atom stereocenters. The molecule has 0 fully saturated rings. The van der Waals surface area contributed by atoms with E-state index < -0.39 is 5.97 Å². The van der Waals surface area contributed by atoms with Gasteiger partial charge in [-0.2, -0.15) is 0 Å². The van der Waals surface area contributed by atoms with E-state index in [2.05, 4.69) is 21.9 Å². The fraction of sp³-hybridized carbons (Fsp3) is 0.158. The number of benzene rings is 2. The average Bonchev–Trinajstić information content (AvgIpc) is 2.65. The van der Waals surface area contributed by atoms with Crippen molar-refractivity contribution in [2.75, 3.05) is 30.9 Å². The molecule has 0 bridgehead atoms. The van der Waals surface area contributed by atoms with Gasteiger partial charge >= 0.3 is 5.97 Å². The maximum absolute atomic E-state index is 12.1. The highest BCUT2D eigenvalue weighted by Crippen LogP contribution is 2.23. The summed E-state index contributed by atoms with van der Waals surface area (Å²) < 4.78 is 10.2. The van der Waals surface area contributed by atoms with Crippen molar-refractivity contribution in [2.24, 2.45) is 0 Å². The van der Waals surface area contributed by atoms with E-state index in [1.165, 1.54) is 7.11 Å². The fourth-order valence-corrected chi connectivity index (χ4v) is 2.08. The molecule has 0 radical (unpaired) electrons. The number of esters is 1. The van der Waals surface area contributed by atoms with Crippen LogP contribution in [-0.2, 0) is 9.53 Å². The minimum absolute atomic E-state index is 0.0766. The number of anilines is 2. The molecule has 6 nitrogen and oxygen atoms in total. The zero-order valence-electron chi connectivity index (χ0n) is 14.0. The molecule has 0 saturated carbocycles. The van der Waals surface area contributed by atoms with E-state index in [4.69, 9.17) is 4.74 Å². The molecule has 0 aliphatic heterocycles. The third kappa shape index (κ3) is 5.39. The molecular weight excluding hydrogens is 320 g/mol. The third-order valence-electron chi connectivity index (χ3n) is 3.27. The Balaban J connectivity index is 1.90. The van der Waals surface area contributed by atoms with Gasteiger partial charge in [-0.05, 0) is 36.4 Å². The number of rotatable bonds is 8. The molecule has 0 aliphatic carbocycles. The van der Waals surface area contributed by atoms with Gasteiger partial charge in [-0.25, -0.2) is 4.79 Å². The number of carbonyl (C=O) groups excluding carboxylic acids is 2. The Hall–Kier alpha value is -3.28. The summed E-state index contributed by atoms with van der Waals surface area (Å²) in [6, 6.07) is 13.8. The second-order valence-electron chi connectivity index (χ2n) is 5.07. The van der Waals surface area contributed by atoms with Crippen molar-refractivity contribution in [3.63, 3.8) is 0 Å². The van der Waals surface area contributed by atoms with Gasteiger partial charge in [0.25, 0.3) is 0 Å². The van der Waals surface area contributed by atoms with Crippen LogP contribution in [0.25, 0.3) is 0 Å². The molecule has 0 unspecified atom stereocenters. The molecule has 1 amide bonds. The lowest BCUT2D eigenvalue weighted by Crippen LogP contribution is -2.22. The summed E-state index contributed by atoms with van der Waals surface area (Å²) in [7, 11) is 1.32. The smallest absolute Gasteiger partial charge is 0.337 e. The topological polar surface area (TPSA) is 76.7 Å². The summed E-state index contributed by atoms with van der Waals surface area (Å²) in [5.74, 6) is 0.0117. The number of para-hydroxylation sites is 2. The highest BCUT2D eigenvalue weighted by atomic mass is 16.5. The molecule has 0 saturated heterocycles. The van der Waals surface area contributed by atoms with E-state index in [0.29, 0.717) is 23.6 Å². The number of hydrogen-bond donors (Lipinski definition) is 2. The van der Waals surface area contributed by atoms with E-state index in [-0.39, 0.29) is 12.5 Å². The van der Waals surface area contributed by atoms with Crippen LogP contribution in [0.2, 0.25) is 0 Å². The first-order valence-electron chi connectivity index (χ1n) is 7.69. The monoisotopic (exact) mass is 340 g/mol. The molecule has 2 aromatic carbocycles. The van der Waals surface area contributed by atoms with Crippen LogP contribution in [0.4, 0.5) is 11.4 Å². The molecule has 0 heterocycles. The third-order valence-corrected chi connectivity index (χ3v) is 3.27. The van der Waals surface area contributed by atoms with Gasteiger partial charge < -0.3 is 20.1 Å². The fourth-order valence-electron chi connectivity index (χ4n) is 2.08. The first-order chi connectivity index (χ1) is 12.1. The van der Waals surface area contributed by atoms with Crippen LogP contribution in [-0.4, -0.2) is 32.1 Å². The van der Waals surface area contributed by atoms with Crippen molar-refractivity contribution < 1.29 is 19.1 Å². The minimum atomic E-state index is -0.421. The number of nitrogens with one attached hydrogen (secondary N) is 2. The zero-order chi connectivity index (χ0) is 18.1. The summed E-state index contributed by atoms with van der Waals surface area (Å²) in [5.41, 5.74) is 1.74. The summed E-state index contributed by atoms with van der Waals surface area (Å²) in [4.78, 5) is 23.4. The van der Waals surface area contributed by atoms with Crippen LogP contribution in [0.1, 0.15) is 10.4 Å². The Kier molecular flexibility index (Phi) is 6.59. The molecule has 0 aliphatic rings. The van der Waals surface area contributed by atoms with Gasteiger partial charge in [-0.3, -0.25) is 4.79 Å². The summed E-state index contributed by atoms with van der Waals surface area (Å²) in [5, 5.41) is 5.78. The van der Waals surface area contributed by atoms with Crippen LogP contribution < -0.4 is 15.4 Å². The van der Waals surface area contributed by atoms with Gasteiger partial charge in [0, 0.05) is 5.69 Å².